The van der Waals surface area contributed by atoms with Crippen LogP contribution in [0.25, 0.3) is 33.3 Å². The smallest absolute Gasteiger partial charge is 0.164 e. The van der Waals surface area contributed by atoms with Crippen LogP contribution in [0.3, 0.4) is 0 Å². The summed E-state index contributed by atoms with van der Waals surface area (Å²) < 4.78 is 13.4. The molecule has 0 fully saturated rings. The molecule has 4 heterocycles. The minimum absolute atomic E-state index is 0.119. The number of carbonyl (C=O) groups excluding carboxylic acids is 2. The molecule has 0 bridgehead atoms. The monoisotopic (exact) mass is 540 g/mol. The molecule has 4 aromatic heterocycles. The number of rotatable bonds is 3. The highest BCUT2D eigenvalue weighted by molar-refractivity contribution is 6.42. The average molecular weight is 542 g/mol. The van der Waals surface area contributed by atoms with Gasteiger partial charge in [-0.05, 0) is 50.2 Å². The fourth-order valence-electron chi connectivity index (χ4n) is 3.55. The number of benzene rings is 1. The number of halogens is 4. The number of carbonyl (C=O) groups is 2. The lowest BCUT2D eigenvalue weighted by Gasteiger charge is -2.11. The molecule has 0 spiro atoms. The summed E-state index contributed by atoms with van der Waals surface area (Å²) in [5.74, 6) is -0.851. The van der Waals surface area contributed by atoms with Gasteiger partial charge < -0.3 is 0 Å². The molecule has 0 saturated heterocycles. The summed E-state index contributed by atoms with van der Waals surface area (Å²) in [5, 5.41) is 0.624. The van der Waals surface area contributed by atoms with Gasteiger partial charge >= 0.3 is 0 Å². The van der Waals surface area contributed by atoms with Crippen LogP contribution in [0.1, 0.15) is 34.6 Å². The van der Waals surface area contributed by atoms with E-state index in [0.29, 0.717) is 33.3 Å². The average Bonchev–Trinajstić information content (AvgIpc) is 2.84. The van der Waals surface area contributed by atoms with Crippen molar-refractivity contribution in [3.05, 3.63) is 93.1 Å². The lowest BCUT2D eigenvalue weighted by atomic mass is 10.0. The molecule has 36 heavy (non-hydrogen) atoms. The number of hydrogen-bond donors (Lipinski definition) is 0. The van der Waals surface area contributed by atoms with E-state index in [1.54, 1.807) is 48.8 Å². The van der Waals surface area contributed by atoms with Gasteiger partial charge in [0.25, 0.3) is 0 Å². The van der Waals surface area contributed by atoms with Crippen molar-refractivity contribution in [3.8, 4) is 11.3 Å². The number of Topliss-reactive ketones (excluding diaryl/α,β-unsaturated/α-hetero) is 2. The van der Waals surface area contributed by atoms with Gasteiger partial charge in [0.15, 0.2) is 11.6 Å². The van der Waals surface area contributed by atoms with Crippen molar-refractivity contribution in [2.45, 2.75) is 13.8 Å². The van der Waals surface area contributed by atoms with Crippen molar-refractivity contribution in [3.63, 3.8) is 0 Å². The van der Waals surface area contributed by atoms with E-state index in [2.05, 4.69) is 19.9 Å². The number of fused-ring (bicyclic) bond motifs is 2. The third-order valence-corrected chi connectivity index (χ3v) is 6.13. The molecule has 0 aliphatic rings. The second kappa shape index (κ2) is 10.6. The first-order valence-electron chi connectivity index (χ1n) is 10.5. The number of aromatic nitrogens is 4. The molecule has 0 atom stereocenters. The maximum absolute atomic E-state index is 13.4. The van der Waals surface area contributed by atoms with E-state index in [4.69, 9.17) is 34.8 Å². The summed E-state index contributed by atoms with van der Waals surface area (Å²) in [4.78, 5) is 39.9. The molecule has 180 valence electrons. The Labute approximate surface area is 220 Å². The van der Waals surface area contributed by atoms with Gasteiger partial charge in [0.2, 0.25) is 0 Å². The Morgan fingerprint density at radius 2 is 1.31 bits per heavy atom. The summed E-state index contributed by atoms with van der Waals surface area (Å²) in [6, 6.07) is 12.9. The van der Waals surface area contributed by atoms with Crippen molar-refractivity contribution >= 4 is 68.4 Å². The molecule has 6 nitrogen and oxygen atoms in total. The lowest BCUT2D eigenvalue weighted by Crippen LogP contribution is -2.02. The van der Waals surface area contributed by atoms with Crippen LogP contribution in [-0.2, 0) is 0 Å². The van der Waals surface area contributed by atoms with Crippen molar-refractivity contribution in [1.82, 2.24) is 19.9 Å². The topological polar surface area (TPSA) is 85.7 Å². The van der Waals surface area contributed by atoms with E-state index in [-0.39, 0.29) is 37.9 Å². The van der Waals surface area contributed by atoms with Crippen LogP contribution in [0.15, 0.2) is 60.9 Å². The molecular weight excluding hydrogens is 526 g/mol. The Balaban J connectivity index is 0.000000179. The predicted octanol–water partition coefficient (Wildman–Crippen LogP) is 7.43. The maximum atomic E-state index is 13.4. The van der Waals surface area contributed by atoms with Crippen molar-refractivity contribution < 1.29 is 14.0 Å². The molecule has 0 amide bonds. The van der Waals surface area contributed by atoms with Crippen LogP contribution in [0, 0.1) is 5.82 Å². The Morgan fingerprint density at radius 3 is 1.86 bits per heavy atom. The quantitative estimate of drug-likeness (QED) is 0.174. The highest BCUT2D eigenvalue weighted by atomic mass is 35.5. The minimum Gasteiger partial charge on any atom is -0.294 e. The molecule has 0 aliphatic carbocycles. The van der Waals surface area contributed by atoms with Crippen LogP contribution in [-0.4, -0.2) is 31.5 Å². The highest BCUT2D eigenvalue weighted by Gasteiger charge is 2.19. The fourth-order valence-corrected chi connectivity index (χ4v) is 4.65. The molecule has 10 heteroatoms. The number of pyridine rings is 4. The van der Waals surface area contributed by atoms with E-state index in [1.807, 2.05) is 0 Å². The molecule has 0 aliphatic heterocycles. The summed E-state index contributed by atoms with van der Waals surface area (Å²) in [7, 11) is 0. The van der Waals surface area contributed by atoms with Crippen LogP contribution < -0.4 is 0 Å². The lowest BCUT2D eigenvalue weighted by molar-refractivity contribution is 0.100. The standard InChI is InChI=1S/C16H10ClFN2O.C10H6Cl2N2O/c1-9(21)13-14(17)16-12(6-3-7-19-16)20-15(13)10-4-2-5-11(18)8-10;1-5(15)7-8(11)9-6(14-10(7)12)3-2-4-13-9/h2-8H,1H3;2-4H,1H3. The van der Waals surface area contributed by atoms with Gasteiger partial charge in [-0.2, -0.15) is 0 Å². The first kappa shape index (κ1) is 25.6. The highest BCUT2D eigenvalue weighted by Crippen LogP contribution is 2.33. The summed E-state index contributed by atoms with van der Waals surface area (Å²) in [5.41, 5.74) is 3.46. The second-order valence-corrected chi connectivity index (χ2v) is 8.72. The molecular formula is C26H16Cl3FN4O2. The van der Waals surface area contributed by atoms with Gasteiger partial charge in [-0.1, -0.05) is 46.9 Å². The SMILES string of the molecule is CC(=O)c1c(-c2cccc(F)c2)nc2cccnc2c1Cl.CC(=O)c1c(Cl)nc2cccnc2c1Cl. The predicted molar refractivity (Wildman–Crippen MR) is 140 cm³/mol. The van der Waals surface area contributed by atoms with Gasteiger partial charge in [-0.25, -0.2) is 14.4 Å². The Kier molecular flexibility index (Phi) is 7.54. The fraction of sp³-hybridized carbons (Fsp3) is 0.0769. The van der Waals surface area contributed by atoms with E-state index in [0.717, 1.165) is 0 Å². The molecule has 0 unspecified atom stereocenters. The number of ketones is 2. The van der Waals surface area contributed by atoms with Crippen molar-refractivity contribution in [1.29, 1.82) is 0 Å². The zero-order valence-corrected chi connectivity index (χ0v) is 21.2. The summed E-state index contributed by atoms with van der Waals surface area (Å²) >= 11 is 18.2. The zero-order chi connectivity index (χ0) is 26.0. The van der Waals surface area contributed by atoms with Crippen LogP contribution in [0.2, 0.25) is 15.2 Å². The Bertz CT molecular complexity index is 1660. The second-order valence-electron chi connectivity index (χ2n) is 7.61. The van der Waals surface area contributed by atoms with Gasteiger partial charge in [0.1, 0.15) is 22.0 Å². The largest absolute Gasteiger partial charge is 0.294 e. The number of hydrogen-bond acceptors (Lipinski definition) is 6. The van der Waals surface area contributed by atoms with Gasteiger partial charge in [-0.3, -0.25) is 19.6 Å². The number of nitrogens with zero attached hydrogens (tertiary/aromatic N) is 4. The molecule has 0 radical (unpaired) electrons. The molecule has 5 rings (SSSR count). The van der Waals surface area contributed by atoms with Crippen molar-refractivity contribution in [2.75, 3.05) is 0 Å². The third-order valence-electron chi connectivity index (χ3n) is 5.12. The normalized spacial score (nSPS) is 10.7. The Morgan fingerprint density at radius 1 is 0.750 bits per heavy atom. The first-order chi connectivity index (χ1) is 17.2. The van der Waals surface area contributed by atoms with Crippen LogP contribution in [0.5, 0.6) is 0 Å². The summed E-state index contributed by atoms with van der Waals surface area (Å²) in [6.45, 7) is 2.80. The molecule has 0 N–H and O–H groups in total. The van der Waals surface area contributed by atoms with E-state index in [1.165, 1.54) is 26.0 Å². The van der Waals surface area contributed by atoms with Crippen LogP contribution in [0.4, 0.5) is 4.39 Å². The third kappa shape index (κ3) is 5.04. The molecule has 5 aromatic rings. The zero-order valence-electron chi connectivity index (χ0n) is 18.9. The maximum Gasteiger partial charge on any atom is 0.164 e. The van der Waals surface area contributed by atoms with Crippen LogP contribution >= 0.6 is 34.8 Å². The molecule has 0 saturated carbocycles. The van der Waals surface area contributed by atoms with E-state index in [9.17, 15) is 14.0 Å². The molecule has 1 aromatic carbocycles. The first-order valence-corrected chi connectivity index (χ1v) is 11.6. The van der Waals surface area contributed by atoms with E-state index >= 15 is 0 Å². The van der Waals surface area contributed by atoms with E-state index < -0.39 is 5.82 Å². The van der Waals surface area contributed by atoms with Gasteiger partial charge in [-0.15, -0.1) is 0 Å². The summed E-state index contributed by atoms with van der Waals surface area (Å²) in [6.07, 6.45) is 3.18. The van der Waals surface area contributed by atoms with Gasteiger partial charge in [0.05, 0.1) is 37.9 Å². The Hall–Kier alpha value is -3.52. The van der Waals surface area contributed by atoms with Crippen molar-refractivity contribution in [2.24, 2.45) is 0 Å². The minimum atomic E-state index is -0.397. The van der Waals surface area contributed by atoms with Gasteiger partial charge in [0, 0.05) is 18.0 Å².